The highest BCUT2D eigenvalue weighted by Crippen LogP contribution is 2.29. The van der Waals surface area contributed by atoms with Crippen molar-refractivity contribution in [3.63, 3.8) is 0 Å². The topological polar surface area (TPSA) is 75.3 Å². The molecule has 0 aromatic rings. The molecule has 1 N–H and O–H groups in total. The average molecular weight is 472 g/mol. The number of nitrogens with one attached hydrogen (secondary N) is 1. The van der Waals surface area contributed by atoms with E-state index in [-0.39, 0.29) is 24.4 Å². The molecular formula is C26H49NO6. The van der Waals surface area contributed by atoms with Crippen molar-refractivity contribution >= 4 is 6.09 Å². The van der Waals surface area contributed by atoms with Crippen LogP contribution in [-0.4, -0.2) is 68.6 Å². The van der Waals surface area contributed by atoms with Gasteiger partial charge in [-0.25, -0.2) is 4.79 Å². The molecule has 0 saturated carbocycles. The number of unbranched alkanes of at least 4 members (excludes halogenated alkanes) is 3. The van der Waals surface area contributed by atoms with Crippen LogP contribution in [0.25, 0.3) is 0 Å². The summed E-state index contributed by atoms with van der Waals surface area (Å²) >= 11 is 0. The Bertz CT molecular complexity index is 535. The molecule has 3 unspecified atom stereocenters. The Kier molecular flexibility index (Phi) is 14.9. The molecule has 7 heteroatoms. The van der Waals surface area contributed by atoms with Crippen molar-refractivity contribution in [1.29, 1.82) is 0 Å². The zero-order valence-electron chi connectivity index (χ0n) is 21.9. The van der Waals surface area contributed by atoms with Crippen LogP contribution < -0.4 is 5.32 Å². The summed E-state index contributed by atoms with van der Waals surface area (Å²) in [6.45, 7) is 18.1. The van der Waals surface area contributed by atoms with Gasteiger partial charge >= 0.3 is 6.09 Å². The molecule has 7 nitrogen and oxygen atoms in total. The highest BCUT2D eigenvalue weighted by Gasteiger charge is 2.48. The van der Waals surface area contributed by atoms with Crippen molar-refractivity contribution in [2.24, 2.45) is 0 Å². The molecule has 1 amide bonds. The Labute approximate surface area is 201 Å². The van der Waals surface area contributed by atoms with Crippen LogP contribution in [0.3, 0.4) is 0 Å². The number of carbonyl (C=O) groups is 1. The van der Waals surface area contributed by atoms with Crippen LogP contribution in [0.5, 0.6) is 0 Å². The van der Waals surface area contributed by atoms with Gasteiger partial charge in [-0.3, -0.25) is 0 Å². The van der Waals surface area contributed by atoms with Gasteiger partial charge in [-0.15, -0.1) is 6.58 Å². The molecule has 1 heterocycles. The van der Waals surface area contributed by atoms with Crippen LogP contribution in [-0.2, 0) is 23.7 Å². The maximum absolute atomic E-state index is 12.7. The Morgan fingerprint density at radius 3 is 2.06 bits per heavy atom. The van der Waals surface area contributed by atoms with Crippen molar-refractivity contribution in [2.45, 2.75) is 123 Å². The van der Waals surface area contributed by atoms with Crippen molar-refractivity contribution in [2.75, 3.05) is 26.4 Å². The average Bonchev–Trinajstić information content (AvgIpc) is 2.74. The molecule has 0 radical (unpaired) electrons. The first-order valence-corrected chi connectivity index (χ1v) is 12.8. The fourth-order valence-corrected chi connectivity index (χ4v) is 3.71. The zero-order valence-corrected chi connectivity index (χ0v) is 21.9. The molecule has 1 aliphatic heterocycles. The minimum absolute atomic E-state index is 0.285. The van der Waals surface area contributed by atoms with E-state index in [1.165, 1.54) is 0 Å². The van der Waals surface area contributed by atoms with Crippen LogP contribution in [0.1, 0.15) is 86.5 Å². The van der Waals surface area contributed by atoms with E-state index in [0.29, 0.717) is 32.8 Å². The van der Waals surface area contributed by atoms with Gasteiger partial charge < -0.3 is 29.0 Å². The molecule has 194 valence electrons. The van der Waals surface area contributed by atoms with Gasteiger partial charge in [0.25, 0.3) is 0 Å². The summed E-state index contributed by atoms with van der Waals surface area (Å²) in [4.78, 5) is 12.7. The predicted molar refractivity (Wildman–Crippen MR) is 132 cm³/mol. The highest BCUT2D eigenvalue weighted by atomic mass is 16.6. The molecule has 0 aromatic carbocycles. The van der Waals surface area contributed by atoms with E-state index in [9.17, 15) is 4.79 Å². The minimum atomic E-state index is -0.598. The number of amides is 1. The molecule has 1 fully saturated rings. The van der Waals surface area contributed by atoms with Crippen LogP contribution in [0, 0.1) is 0 Å². The Morgan fingerprint density at radius 2 is 1.52 bits per heavy atom. The van der Waals surface area contributed by atoms with Gasteiger partial charge in [0.1, 0.15) is 23.9 Å². The van der Waals surface area contributed by atoms with E-state index in [1.54, 1.807) is 0 Å². The van der Waals surface area contributed by atoms with Gasteiger partial charge in [-0.2, -0.15) is 0 Å². The second kappa shape index (κ2) is 16.5. The lowest BCUT2D eigenvalue weighted by Crippen LogP contribution is -2.66. The maximum Gasteiger partial charge on any atom is 0.408 e. The first kappa shape index (κ1) is 29.9. The maximum atomic E-state index is 12.7. The molecule has 0 bridgehead atoms. The van der Waals surface area contributed by atoms with Gasteiger partial charge in [0, 0.05) is 19.8 Å². The number of rotatable bonds is 16. The van der Waals surface area contributed by atoms with Crippen LogP contribution in [0.4, 0.5) is 4.79 Å². The normalized spacial score (nSPS) is 25.6. The standard InChI is InChI=1S/C26H49NO6/c1-8-12-16-29-19-21-23(30-17-13-9-2)24(31-18-14-10-3)22(20(32-21)15-11-4)27-25(28)33-26(5,6)7/h11,20-24H,4,8-10,12-19H2,1-3,5-7H3,(H,27,28)/t20-,21?,22?,23+,24?/m0/s1. The van der Waals surface area contributed by atoms with E-state index in [1.807, 2.05) is 26.8 Å². The van der Waals surface area contributed by atoms with Gasteiger partial charge in [-0.1, -0.05) is 46.1 Å². The molecule has 0 aliphatic carbocycles. The summed E-state index contributed by atoms with van der Waals surface area (Å²) in [6, 6.07) is -0.423. The van der Waals surface area contributed by atoms with Crippen LogP contribution >= 0.6 is 0 Å². The quantitative estimate of drug-likeness (QED) is 0.240. The number of alkyl carbamates (subject to hydrolysis) is 1. The van der Waals surface area contributed by atoms with Crippen molar-refractivity contribution in [1.82, 2.24) is 5.32 Å². The van der Waals surface area contributed by atoms with Crippen LogP contribution in [0.15, 0.2) is 12.7 Å². The van der Waals surface area contributed by atoms with Gasteiger partial charge in [-0.05, 0) is 46.5 Å². The molecule has 0 aromatic heterocycles. The monoisotopic (exact) mass is 471 g/mol. The van der Waals surface area contributed by atoms with E-state index >= 15 is 0 Å². The molecule has 1 aliphatic rings. The molecular weight excluding hydrogens is 422 g/mol. The fourth-order valence-electron chi connectivity index (χ4n) is 3.71. The lowest BCUT2D eigenvalue weighted by atomic mass is 9.90. The zero-order chi connectivity index (χ0) is 24.7. The molecule has 1 rings (SSSR count). The Hall–Kier alpha value is -1.15. The number of carbonyl (C=O) groups excluding carboxylic acids is 1. The summed E-state index contributed by atoms with van der Waals surface area (Å²) in [5.74, 6) is 0. The third kappa shape index (κ3) is 11.7. The third-order valence-corrected chi connectivity index (χ3v) is 5.42. The number of ether oxygens (including phenoxy) is 5. The van der Waals surface area contributed by atoms with Crippen molar-refractivity contribution in [3.8, 4) is 0 Å². The smallest absolute Gasteiger partial charge is 0.408 e. The third-order valence-electron chi connectivity index (χ3n) is 5.42. The fraction of sp³-hybridized carbons (Fsp3) is 0.885. The molecule has 0 spiro atoms. The lowest BCUT2D eigenvalue weighted by Gasteiger charge is -2.46. The Morgan fingerprint density at radius 1 is 0.939 bits per heavy atom. The van der Waals surface area contributed by atoms with E-state index in [0.717, 1.165) is 38.5 Å². The van der Waals surface area contributed by atoms with Gasteiger partial charge in [0.05, 0.1) is 18.8 Å². The molecule has 5 atom stereocenters. The lowest BCUT2D eigenvalue weighted by molar-refractivity contribution is -0.225. The Balaban J connectivity index is 3.14. The van der Waals surface area contributed by atoms with Gasteiger partial charge in [0.15, 0.2) is 0 Å². The van der Waals surface area contributed by atoms with Gasteiger partial charge in [0.2, 0.25) is 0 Å². The predicted octanol–water partition coefficient (Wildman–Crippen LogP) is 5.41. The van der Waals surface area contributed by atoms with Crippen molar-refractivity contribution in [3.05, 3.63) is 12.7 Å². The summed E-state index contributed by atoms with van der Waals surface area (Å²) in [7, 11) is 0. The van der Waals surface area contributed by atoms with E-state index in [2.05, 4.69) is 32.7 Å². The van der Waals surface area contributed by atoms with E-state index < -0.39 is 17.7 Å². The largest absolute Gasteiger partial charge is 0.444 e. The first-order valence-electron chi connectivity index (χ1n) is 12.8. The second-order valence-electron chi connectivity index (χ2n) is 9.72. The van der Waals surface area contributed by atoms with Crippen LogP contribution in [0.2, 0.25) is 0 Å². The SMILES string of the molecule is C=CC[C@@H]1OC(COCCCC)[C@@H](OCCCC)C(OCCCC)C1NC(=O)OC(C)(C)C. The number of hydrogen-bond acceptors (Lipinski definition) is 6. The number of hydrogen-bond donors (Lipinski definition) is 1. The minimum Gasteiger partial charge on any atom is -0.444 e. The summed E-state index contributed by atoms with van der Waals surface area (Å²) < 4.78 is 30.6. The van der Waals surface area contributed by atoms with E-state index in [4.69, 9.17) is 23.7 Å². The summed E-state index contributed by atoms with van der Waals surface area (Å²) in [6.07, 6.45) is 6.58. The summed E-state index contributed by atoms with van der Waals surface area (Å²) in [5, 5.41) is 3.02. The first-order chi connectivity index (χ1) is 15.8. The highest BCUT2D eigenvalue weighted by molar-refractivity contribution is 5.68. The molecule has 33 heavy (non-hydrogen) atoms. The summed E-state index contributed by atoms with van der Waals surface area (Å²) in [5.41, 5.74) is -0.598. The van der Waals surface area contributed by atoms with Crippen molar-refractivity contribution < 1.29 is 28.5 Å². The second-order valence-corrected chi connectivity index (χ2v) is 9.72. The molecule has 1 saturated heterocycles.